The first-order valence-corrected chi connectivity index (χ1v) is 8.28. The van der Waals surface area contributed by atoms with Gasteiger partial charge in [0.15, 0.2) is 0 Å². The molecule has 4 heteroatoms. The van der Waals surface area contributed by atoms with E-state index in [0.717, 1.165) is 23.7 Å². The molecule has 0 aliphatic rings. The first-order chi connectivity index (χ1) is 12.3. The Bertz CT molecular complexity index is 802. The Morgan fingerprint density at radius 1 is 0.920 bits per heavy atom. The summed E-state index contributed by atoms with van der Waals surface area (Å²) >= 11 is 0. The Labute approximate surface area is 148 Å². The smallest absolute Gasteiger partial charge is 0.119 e. The number of anilines is 1. The molecule has 0 aliphatic carbocycles. The van der Waals surface area contributed by atoms with E-state index in [2.05, 4.69) is 35.4 Å². The monoisotopic (exact) mass is 334 g/mol. The third kappa shape index (κ3) is 4.51. The molecule has 128 valence electrons. The van der Waals surface area contributed by atoms with Gasteiger partial charge < -0.3 is 14.8 Å². The maximum atomic E-state index is 5.73. The molecule has 1 N–H and O–H groups in total. The lowest BCUT2D eigenvalue weighted by Crippen LogP contribution is -2.11. The van der Waals surface area contributed by atoms with Crippen molar-refractivity contribution in [3.63, 3.8) is 0 Å². The average Bonchev–Trinajstić information content (AvgIpc) is 2.66. The normalized spacial score (nSPS) is 10.3. The van der Waals surface area contributed by atoms with Crippen molar-refractivity contribution < 1.29 is 9.47 Å². The largest absolute Gasteiger partial charge is 0.497 e. The first-order valence-electron chi connectivity index (χ1n) is 8.28. The molecule has 0 unspecified atom stereocenters. The van der Waals surface area contributed by atoms with Gasteiger partial charge in [-0.25, -0.2) is 0 Å². The number of nitrogens with zero attached hydrogens (tertiary/aromatic N) is 1. The van der Waals surface area contributed by atoms with Crippen LogP contribution in [0.4, 0.5) is 5.69 Å². The third-order valence-electron chi connectivity index (χ3n) is 3.98. The number of pyridine rings is 1. The molecule has 4 nitrogen and oxygen atoms in total. The topological polar surface area (TPSA) is 43.4 Å². The van der Waals surface area contributed by atoms with Gasteiger partial charge in [-0.15, -0.1) is 0 Å². The van der Waals surface area contributed by atoms with Gasteiger partial charge in [0.1, 0.15) is 18.1 Å². The third-order valence-corrected chi connectivity index (χ3v) is 3.98. The van der Waals surface area contributed by atoms with E-state index >= 15 is 0 Å². The average molecular weight is 334 g/mol. The molecule has 0 fully saturated rings. The predicted molar refractivity (Wildman–Crippen MR) is 101 cm³/mol. The van der Waals surface area contributed by atoms with Gasteiger partial charge in [-0.2, -0.15) is 0 Å². The molecule has 0 spiro atoms. The van der Waals surface area contributed by atoms with Crippen molar-refractivity contribution in [2.75, 3.05) is 25.6 Å². The first kappa shape index (κ1) is 16.8. The lowest BCUT2D eigenvalue weighted by Gasteiger charge is -2.12. The van der Waals surface area contributed by atoms with E-state index in [9.17, 15) is 0 Å². The fourth-order valence-electron chi connectivity index (χ4n) is 2.67. The van der Waals surface area contributed by atoms with Gasteiger partial charge in [0.2, 0.25) is 0 Å². The van der Waals surface area contributed by atoms with Gasteiger partial charge in [0, 0.05) is 24.6 Å². The van der Waals surface area contributed by atoms with Crippen molar-refractivity contribution >= 4 is 5.69 Å². The number of aromatic nitrogens is 1. The lowest BCUT2D eigenvalue weighted by molar-refractivity contribution is 0.332. The number of benzene rings is 2. The van der Waals surface area contributed by atoms with Crippen LogP contribution in [0.1, 0.15) is 5.56 Å². The summed E-state index contributed by atoms with van der Waals surface area (Å²) in [6.45, 7) is 3.45. The van der Waals surface area contributed by atoms with Crippen LogP contribution in [0.15, 0.2) is 67.0 Å². The van der Waals surface area contributed by atoms with E-state index in [1.807, 2.05) is 48.8 Å². The molecular formula is C21H22N2O2. The minimum absolute atomic E-state index is 0.595. The van der Waals surface area contributed by atoms with E-state index in [1.54, 1.807) is 7.11 Å². The van der Waals surface area contributed by atoms with E-state index in [1.165, 1.54) is 16.7 Å². The molecule has 25 heavy (non-hydrogen) atoms. The molecule has 0 amide bonds. The minimum atomic E-state index is 0.595. The van der Waals surface area contributed by atoms with Gasteiger partial charge in [-0.3, -0.25) is 4.98 Å². The Morgan fingerprint density at radius 2 is 1.64 bits per heavy atom. The second kappa shape index (κ2) is 8.20. The Balaban J connectivity index is 1.52. The second-order valence-electron chi connectivity index (χ2n) is 5.72. The maximum absolute atomic E-state index is 5.73. The summed E-state index contributed by atoms with van der Waals surface area (Å²) < 4.78 is 10.9. The molecule has 1 aromatic heterocycles. The number of hydrogen-bond acceptors (Lipinski definition) is 4. The van der Waals surface area contributed by atoms with Crippen LogP contribution in [0, 0.1) is 6.92 Å². The van der Waals surface area contributed by atoms with Crippen LogP contribution in [0.3, 0.4) is 0 Å². The zero-order valence-corrected chi connectivity index (χ0v) is 14.5. The molecule has 0 radical (unpaired) electrons. The summed E-state index contributed by atoms with van der Waals surface area (Å²) in [6, 6.07) is 18.0. The van der Waals surface area contributed by atoms with E-state index in [-0.39, 0.29) is 0 Å². The van der Waals surface area contributed by atoms with Crippen LogP contribution < -0.4 is 14.8 Å². The van der Waals surface area contributed by atoms with Crippen molar-refractivity contribution in [3.8, 4) is 22.6 Å². The van der Waals surface area contributed by atoms with Crippen LogP contribution in [-0.2, 0) is 0 Å². The van der Waals surface area contributed by atoms with E-state index in [0.29, 0.717) is 6.61 Å². The quantitative estimate of drug-likeness (QED) is 0.644. The van der Waals surface area contributed by atoms with Crippen molar-refractivity contribution in [2.45, 2.75) is 6.92 Å². The summed E-state index contributed by atoms with van der Waals surface area (Å²) in [5.74, 6) is 1.67. The molecule has 1 heterocycles. The minimum Gasteiger partial charge on any atom is -0.497 e. The van der Waals surface area contributed by atoms with Gasteiger partial charge in [-0.05, 0) is 72.1 Å². The summed E-state index contributed by atoms with van der Waals surface area (Å²) in [6.07, 6.45) is 3.63. The van der Waals surface area contributed by atoms with Crippen LogP contribution in [-0.4, -0.2) is 25.2 Å². The summed E-state index contributed by atoms with van der Waals surface area (Å²) in [5.41, 5.74) is 4.73. The Kier molecular flexibility index (Phi) is 5.52. The summed E-state index contributed by atoms with van der Waals surface area (Å²) in [5, 5.41) is 3.39. The molecule has 0 bridgehead atoms. The summed E-state index contributed by atoms with van der Waals surface area (Å²) in [4.78, 5) is 4.07. The van der Waals surface area contributed by atoms with Gasteiger partial charge in [0.05, 0.1) is 7.11 Å². The molecule has 0 atom stereocenters. The van der Waals surface area contributed by atoms with Gasteiger partial charge >= 0.3 is 0 Å². The standard InChI is InChI=1S/C21H22N2O2/c1-16-15-18(3-8-21(16)17-9-11-22-12-10-17)23-13-14-25-20-6-4-19(24-2)5-7-20/h3-12,15,23H,13-14H2,1-2H3. The fourth-order valence-corrected chi connectivity index (χ4v) is 2.67. The lowest BCUT2D eigenvalue weighted by atomic mass is 10.0. The van der Waals surface area contributed by atoms with Crippen LogP contribution >= 0.6 is 0 Å². The number of ether oxygens (including phenoxy) is 2. The molecule has 2 aromatic carbocycles. The molecule has 0 saturated carbocycles. The van der Waals surface area contributed by atoms with Crippen LogP contribution in [0.25, 0.3) is 11.1 Å². The zero-order chi connectivity index (χ0) is 17.5. The highest BCUT2D eigenvalue weighted by atomic mass is 16.5. The molecule has 3 aromatic rings. The Morgan fingerprint density at radius 3 is 2.32 bits per heavy atom. The van der Waals surface area contributed by atoms with Crippen molar-refractivity contribution in [2.24, 2.45) is 0 Å². The second-order valence-corrected chi connectivity index (χ2v) is 5.72. The molecule has 0 aliphatic heterocycles. The Hall–Kier alpha value is -3.01. The van der Waals surface area contributed by atoms with Crippen molar-refractivity contribution in [1.82, 2.24) is 4.98 Å². The SMILES string of the molecule is COc1ccc(OCCNc2ccc(-c3ccncc3)c(C)c2)cc1. The van der Waals surface area contributed by atoms with Crippen molar-refractivity contribution in [3.05, 3.63) is 72.6 Å². The number of rotatable bonds is 7. The highest BCUT2D eigenvalue weighted by molar-refractivity contribution is 5.69. The van der Waals surface area contributed by atoms with Crippen molar-refractivity contribution in [1.29, 1.82) is 0 Å². The maximum Gasteiger partial charge on any atom is 0.119 e. The number of nitrogens with one attached hydrogen (secondary N) is 1. The highest BCUT2D eigenvalue weighted by Gasteiger charge is 2.03. The van der Waals surface area contributed by atoms with E-state index < -0.39 is 0 Å². The number of hydrogen-bond donors (Lipinski definition) is 1. The number of aryl methyl sites for hydroxylation is 1. The molecule has 0 saturated heterocycles. The van der Waals surface area contributed by atoms with Gasteiger partial charge in [0.25, 0.3) is 0 Å². The fraction of sp³-hybridized carbons (Fsp3) is 0.190. The highest BCUT2D eigenvalue weighted by Crippen LogP contribution is 2.25. The molecule has 3 rings (SSSR count). The zero-order valence-electron chi connectivity index (χ0n) is 14.5. The van der Waals surface area contributed by atoms with Crippen LogP contribution in [0.2, 0.25) is 0 Å². The predicted octanol–water partition coefficient (Wildman–Crippen LogP) is 4.56. The number of methoxy groups -OCH3 is 1. The molecular weight excluding hydrogens is 312 g/mol. The summed E-state index contributed by atoms with van der Waals surface area (Å²) in [7, 11) is 1.65. The van der Waals surface area contributed by atoms with Gasteiger partial charge in [-0.1, -0.05) is 6.07 Å². The van der Waals surface area contributed by atoms with Crippen LogP contribution in [0.5, 0.6) is 11.5 Å². The van der Waals surface area contributed by atoms with E-state index in [4.69, 9.17) is 9.47 Å².